The van der Waals surface area contributed by atoms with E-state index in [4.69, 9.17) is 29.0 Å². The van der Waals surface area contributed by atoms with Gasteiger partial charge in [-0.15, -0.1) is 5.10 Å². The van der Waals surface area contributed by atoms with E-state index in [2.05, 4.69) is 33.1 Å². The Balaban J connectivity index is 0.000000317. The van der Waals surface area contributed by atoms with Crippen molar-refractivity contribution in [3.8, 4) is 0 Å². The summed E-state index contributed by atoms with van der Waals surface area (Å²) in [5.74, 6) is -2.32. The number of hydrogen-bond acceptors (Lipinski definition) is 8. The number of aliphatic carboxylic acids is 2. The van der Waals surface area contributed by atoms with E-state index < -0.39 is 24.3 Å². The number of piperidine rings is 1. The van der Waals surface area contributed by atoms with Crippen LogP contribution in [0.2, 0.25) is 0 Å². The summed E-state index contributed by atoms with van der Waals surface area (Å²) in [6.45, 7) is 6.64. The highest BCUT2D eigenvalue weighted by Gasteiger charge is 2.42. The Labute approximate surface area is 219 Å². The van der Waals surface area contributed by atoms with Gasteiger partial charge in [-0.25, -0.2) is 9.59 Å². The van der Waals surface area contributed by atoms with Gasteiger partial charge in [-0.05, 0) is 50.6 Å². The minimum absolute atomic E-state index is 0.270. The molecule has 0 saturated carbocycles. The number of anilines is 1. The van der Waals surface area contributed by atoms with Crippen LogP contribution in [0.4, 0.5) is 32.2 Å². The third kappa shape index (κ3) is 10.4. The summed E-state index contributed by atoms with van der Waals surface area (Å²) < 4.78 is 75.1. The molecule has 0 aliphatic carbocycles. The van der Waals surface area contributed by atoms with Crippen molar-refractivity contribution < 1.29 is 55.3 Å². The van der Waals surface area contributed by atoms with Gasteiger partial charge in [-0.2, -0.15) is 31.4 Å². The number of carboxylic acids is 2. The first-order valence-corrected chi connectivity index (χ1v) is 11.6. The van der Waals surface area contributed by atoms with E-state index in [9.17, 15) is 26.3 Å². The van der Waals surface area contributed by atoms with E-state index >= 15 is 0 Å². The van der Waals surface area contributed by atoms with Gasteiger partial charge in [0.2, 0.25) is 0 Å². The lowest BCUT2D eigenvalue weighted by molar-refractivity contribution is -0.193. The molecule has 2 fully saturated rings. The van der Waals surface area contributed by atoms with Gasteiger partial charge in [0.15, 0.2) is 5.82 Å². The molecule has 39 heavy (non-hydrogen) atoms. The first-order chi connectivity index (χ1) is 18.1. The fourth-order valence-corrected chi connectivity index (χ4v) is 4.03. The molecule has 16 heteroatoms. The molecule has 10 nitrogen and oxygen atoms in total. The fraction of sp³-hybridized carbons (Fsp3) is 0.565. The summed E-state index contributed by atoms with van der Waals surface area (Å²) in [7, 11) is 2.13. The van der Waals surface area contributed by atoms with E-state index in [1.165, 1.54) is 6.42 Å². The molecule has 2 aromatic rings. The van der Waals surface area contributed by atoms with Crippen LogP contribution in [-0.4, -0.2) is 89.0 Å². The third-order valence-corrected chi connectivity index (χ3v) is 5.90. The van der Waals surface area contributed by atoms with Crippen LogP contribution < -0.4 is 4.90 Å². The summed E-state index contributed by atoms with van der Waals surface area (Å²) in [5, 5.41) is 22.8. The Morgan fingerprint density at radius 3 is 2.18 bits per heavy atom. The molecule has 2 aliphatic heterocycles. The van der Waals surface area contributed by atoms with Crippen molar-refractivity contribution in [2.24, 2.45) is 11.8 Å². The molecule has 0 unspecified atom stereocenters. The van der Waals surface area contributed by atoms with E-state index in [0.29, 0.717) is 11.8 Å². The van der Waals surface area contributed by atoms with Crippen LogP contribution in [0.1, 0.15) is 17.9 Å². The first kappa shape index (κ1) is 31.8. The van der Waals surface area contributed by atoms with Crippen molar-refractivity contribution in [3.05, 3.63) is 42.0 Å². The number of aromatic nitrogens is 2. The Kier molecular flexibility index (Phi) is 11.1. The second-order valence-corrected chi connectivity index (χ2v) is 8.95. The number of aryl methyl sites for hydroxylation is 1. The molecule has 3 atom stereocenters. The average molecular weight is 570 g/mol. The summed E-state index contributed by atoms with van der Waals surface area (Å²) in [4.78, 5) is 22.4. The van der Waals surface area contributed by atoms with Crippen LogP contribution in [0.15, 0.2) is 34.9 Å². The maximum atomic E-state index is 10.6. The minimum atomic E-state index is -5.08. The Morgan fingerprint density at radius 2 is 1.69 bits per heavy atom. The molecule has 4 heterocycles. The van der Waals surface area contributed by atoms with E-state index in [1.54, 1.807) is 6.26 Å². The molecule has 0 spiro atoms. The topological polar surface area (TPSA) is 129 Å². The summed E-state index contributed by atoms with van der Waals surface area (Å²) in [6.07, 6.45) is -7.00. The summed E-state index contributed by atoms with van der Waals surface area (Å²) >= 11 is 0. The van der Waals surface area contributed by atoms with Crippen molar-refractivity contribution in [2.45, 2.75) is 38.3 Å². The molecular formula is C23H28F6N4O6. The maximum absolute atomic E-state index is 10.6. The quantitative estimate of drug-likeness (QED) is 0.515. The first-order valence-electron chi connectivity index (χ1n) is 11.6. The predicted molar refractivity (Wildman–Crippen MR) is 123 cm³/mol. The number of nitrogens with zero attached hydrogens (tertiary/aromatic N) is 4. The number of fused-ring (bicyclic) bond motifs is 1. The number of hydrogen-bond donors (Lipinski definition) is 2. The van der Waals surface area contributed by atoms with E-state index in [0.717, 1.165) is 50.1 Å². The van der Waals surface area contributed by atoms with Crippen molar-refractivity contribution in [1.82, 2.24) is 15.1 Å². The van der Waals surface area contributed by atoms with Crippen LogP contribution >= 0.6 is 0 Å². The monoisotopic (exact) mass is 570 g/mol. The van der Waals surface area contributed by atoms with Gasteiger partial charge in [0.1, 0.15) is 5.76 Å². The van der Waals surface area contributed by atoms with E-state index in [-0.39, 0.29) is 6.10 Å². The van der Waals surface area contributed by atoms with Crippen LogP contribution in [0, 0.1) is 18.8 Å². The molecule has 2 aromatic heterocycles. The lowest BCUT2D eigenvalue weighted by Gasteiger charge is -2.37. The van der Waals surface area contributed by atoms with Gasteiger partial charge in [0.05, 0.1) is 31.2 Å². The van der Waals surface area contributed by atoms with Gasteiger partial charge in [0, 0.05) is 25.6 Å². The Hall–Kier alpha value is -3.40. The summed E-state index contributed by atoms with van der Waals surface area (Å²) in [6, 6.07) is 8.07. The van der Waals surface area contributed by atoms with Crippen molar-refractivity contribution >= 4 is 17.8 Å². The smallest absolute Gasteiger partial charge is 0.475 e. The van der Waals surface area contributed by atoms with Crippen LogP contribution in [0.5, 0.6) is 0 Å². The van der Waals surface area contributed by atoms with E-state index in [1.807, 2.05) is 25.1 Å². The highest BCUT2D eigenvalue weighted by Crippen LogP contribution is 2.35. The molecule has 218 valence electrons. The average Bonchev–Trinajstić information content (AvgIpc) is 3.49. The lowest BCUT2D eigenvalue weighted by Crippen LogP contribution is -2.45. The second kappa shape index (κ2) is 13.6. The highest BCUT2D eigenvalue weighted by atomic mass is 19.4. The number of alkyl halides is 6. The van der Waals surface area contributed by atoms with Gasteiger partial charge in [-0.3, -0.25) is 4.90 Å². The number of carbonyl (C=O) groups is 2. The minimum Gasteiger partial charge on any atom is -0.475 e. The lowest BCUT2D eigenvalue weighted by atomic mass is 9.84. The Bertz CT molecular complexity index is 1020. The highest BCUT2D eigenvalue weighted by molar-refractivity contribution is 5.73. The molecule has 4 rings (SSSR count). The number of rotatable bonds is 5. The predicted octanol–water partition coefficient (Wildman–Crippen LogP) is 3.62. The molecular weight excluding hydrogens is 542 g/mol. The van der Waals surface area contributed by atoms with Crippen molar-refractivity contribution in [2.75, 3.05) is 38.2 Å². The van der Waals surface area contributed by atoms with Gasteiger partial charge in [0.25, 0.3) is 0 Å². The number of carboxylic acid groups (broad SMARTS) is 2. The molecule has 2 aliphatic rings. The third-order valence-electron chi connectivity index (χ3n) is 5.90. The number of likely N-dealkylation sites (N-methyl/N-ethyl adjacent to an activating group) is 1. The summed E-state index contributed by atoms with van der Waals surface area (Å²) in [5.41, 5.74) is 0.959. The molecule has 2 N–H and O–H groups in total. The zero-order valence-electron chi connectivity index (χ0n) is 20.9. The zero-order chi connectivity index (χ0) is 29.4. The van der Waals surface area contributed by atoms with Crippen LogP contribution in [0.3, 0.4) is 0 Å². The largest absolute Gasteiger partial charge is 0.490 e. The second-order valence-electron chi connectivity index (χ2n) is 8.95. The van der Waals surface area contributed by atoms with Crippen molar-refractivity contribution in [3.63, 3.8) is 0 Å². The number of halogens is 6. The van der Waals surface area contributed by atoms with Crippen molar-refractivity contribution in [1.29, 1.82) is 0 Å². The van der Waals surface area contributed by atoms with Gasteiger partial charge < -0.3 is 24.3 Å². The normalized spacial score (nSPS) is 20.8. The fourth-order valence-electron chi connectivity index (χ4n) is 4.03. The molecule has 0 amide bonds. The molecule has 2 saturated heterocycles. The zero-order valence-corrected chi connectivity index (χ0v) is 20.9. The molecule has 0 aromatic carbocycles. The Morgan fingerprint density at radius 1 is 1.08 bits per heavy atom. The standard InChI is InChI=1S/C19H26N4O2.2C2HF3O2/c1-14-5-6-19(21-20-14)23-8-7-15-13-25-18(17(15)11-23)12-22(2)10-16-4-3-9-24-16;2*3-2(4,5)1(6)7/h3-6,9,15,17-18H,7-8,10-13H2,1-2H3;2*(H,6,7)/t15-,17-,18+;;/m0../s1. The van der Waals surface area contributed by atoms with Crippen LogP contribution in [0.25, 0.3) is 0 Å². The SMILES string of the molecule is Cc1ccc(N2CC[C@H]3CO[C@H](CN(C)Cc4ccco4)[C@H]3C2)nn1.O=C(O)C(F)(F)F.O=C(O)C(F)(F)F. The number of furan rings is 1. The van der Waals surface area contributed by atoms with Gasteiger partial charge in [-0.1, -0.05) is 0 Å². The maximum Gasteiger partial charge on any atom is 0.490 e. The van der Waals surface area contributed by atoms with Gasteiger partial charge >= 0.3 is 24.3 Å². The molecule has 0 radical (unpaired) electrons. The van der Waals surface area contributed by atoms with Crippen LogP contribution in [-0.2, 0) is 20.9 Å². The molecule has 0 bridgehead atoms. The number of ether oxygens (including phenoxy) is 1.